The summed E-state index contributed by atoms with van der Waals surface area (Å²) in [7, 11) is 0. The van der Waals surface area contributed by atoms with Gasteiger partial charge in [0.1, 0.15) is 0 Å². The minimum absolute atomic E-state index is 0.0529. The van der Waals surface area contributed by atoms with Crippen LogP contribution in [0.3, 0.4) is 0 Å². The molecule has 2 atom stereocenters. The zero-order valence-corrected chi connectivity index (χ0v) is 12.4. The van der Waals surface area contributed by atoms with Gasteiger partial charge in [-0.15, -0.1) is 11.8 Å². The molecule has 2 rings (SSSR count). The third-order valence-corrected chi connectivity index (χ3v) is 4.77. The van der Waals surface area contributed by atoms with Gasteiger partial charge in [-0.25, -0.2) is 0 Å². The van der Waals surface area contributed by atoms with Crippen molar-refractivity contribution in [3.05, 3.63) is 24.5 Å². The number of aliphatic hydroxyl groups is 1. The Morgan fingerprint density at radius 1 is 1.30 bits per heavy atom. The van der Waals surface area contributed by atoms with Crippen LogP contribution < -0.4 is 5.32 Å². The zero-order valence-electron chi connectivity index (χ0n) is 11.6. The smallest absolute Gasteiger partial charge is 0.230 e. The van der Waals surface area contributed by atoms with Crippen LogP contribution in [0.25, 0.3) is 0 Å². The van der Waals surface area contributed by atoms with Gasteiger partial charge < -0.3 is 10.4 Å². The maximum Gasteiger partial charge on any atom is 0.230 e. The summed E-state index contributed by atoms with van der Waals surface area (Å²) in [5, 5.41) is 12.5. The lowest BCUT2D eigenvalue weighted by Crippen LogP contribution is -2.41. The summed E-state index contributed by atoms with van der Waals surface area (Å²) in [5.74, 6) is 0.683. The molecule has 1 aromatic rings. The highest BCUT2D eigenvalue weighted by molar-refractivity contribution is 8.00. The molecule has 0 radical (unpaired) electrons. The average molecular weight is 294 g/mol. The number of hydrogen-bond acceptors (Lipinski definition) is 4. The van der Waals surface area contributed by atoms with Crippen molar-refractivity contribution in [2.75, 3.05) is 12.4 Å². The van der Waals surface area contributed by atoms with Gasteiger partial charge in [0.15, 0.2) is 0 Å². The first-order chi connectivity index (χ1) is 9.79. The van der Waals surface area contributed by atoms with Crippen molar-refractivity contribution in [2.24, 2.45) is 5.92 Å². The molecule has 0 saturated heterocycles. The normalized spacial score (nSPS) is 23.1. The van der Waals surface area contributed by atoms with Crippen LogP contribution in [0.4, 0.5) is 0 Å². The monoisotopic (exact) mass is 294 g/mol. The number of hydrogen-bond donors (Lipinski definition) is 2. The quantitative estimate of drug-likeness (QED) is 0.646. The molecule has 1 aromatic heterocycles. The van der Waals surface area contributed by atoms with Crippen LogP contribution >= 0.6 is 11.8 Å². The summed E-state index contributed by atoms with van der Waals surface area (Å²) in [6.45, 7) is 0.169. The Labute approximate surface area is 124 Å². The van der Waals surface area contributed by atoms with Crippen LogP contribution in [0.5, 0.6) is 0 Å². The predicted molar refractivity (Wildman–Crippen MR) is 80.6 cm³/mol. The molecule has 1 aliphatic carbocycles. The van der Waals surface area contributed by atoms with E-state index in [0.717, 1.165) is 30.6 Å². The maximum absolute atomic E-state index is 12.0. The second-order valence-corrected chi connectivity index (χ2v) is 6.28. The number of carbonyl (C=O) groups is 1. The number of carbonyl (C=O) groups excluding carboxylic acids is 1. The van der Waals surface area contributed by atoms with Crippen molar-refractivity contribution in [1.82, 2.24) is 10.3 Å². The number of rotatable bonds is 5. The first-order valence-corrected chi connectivity index (χ1v) is 8.21. The number of thioether (sulfide) groups is 1. The summed E-state index contributed by atoms with van der Waals surface area (Å²) in [6.07, 6.45) is 8.95. The van der Waals surface area contributed by atoms with Crippen molar-refractivity contribution < 1.29 is 9.90 Å². The Balaban J connectivity index is 1.80. The second-order valence-electron chi connectivity index (χ2n) is 5.23. The Kier molecular flexibility index (Phi) is 6.33. The molecule has 20 heavy (non-hydrogen) atoms. The summed E-state index contributed by atoms with van der Waals surface area (Å²) in [6, 6.07) is 3.94. The van der Waals surface area contributed by atoms with E-state index >= 15 is 0 Å². The van der Waals surface area contributed by atoms with Gasteiger partial charge in [0.25, 0.3) is 0 Å². The van der Waals surface area contributed by atoms with Crippen LogP contribution in [-0.2, 0) is 4.79 Å². The molecule has 4 nitrogen and oxygen atoms in total. The summed E-state index contributed by atoms with van der Waals surface area (Å²) >= 11 is 1.52. The highest BCUT2D eigenvalue weighted by Gasteiger charge is 2.24. The first-order valence-electron chi connectivity index (χ1n) is 7.22. The molecule has 1 saturated carbocycles. The lowest BCUT2D eigenvalue weighted by molar-refractivity contribution is -0.119. The van der Waals surface area contributed by atoms with Gasteiger partial charge in [-0.05, 0) is 25.0 Å². The molecule has 0 bridgehead atoms. The lowest BCUT2D eigenvalue weighted by atomic mass is 9.96. The van der Waals surface area contributed by atoms with Crippen molar-refractivity contribution >= 4 is 17.7 Å². The number of pyridine rings is 1. The molecule has 1 fully saturated rings. The molecule has 2 N–H and O–H groups in total. The van der Waals surface area contributed by atoms with E-state index in [1.807, 2.05) is 12.1 Å². The molecule has 0 spiro atoms. The molecule has 0 aromatic carbocycles. The third kappa shape index (κ3) is 4.80. The van der Waals surface area contributed by atoms with E-state index in [1.165, 1.54) is 18.2 Å². The largest absolute Gasteiger partial charge is 0.396 e. The van der Waals surface area contributed by atoms with E-state index in [4.69, 9.17) is 0 Å². The van der Waals surface area contributed by atoms with E-state index < -0.39 is 0 Å². The number of nitrogens with one attached hydrogen (secondary N) is 1. The van der Waals surface area contributed by atoms with Gasteiger partial charge in [0.05, 0.1) is 5.75 Å². The van der Waals surface area contributed by atoms with Crippen LogP contribution in [0, 0.1) is 5.92 Å². The first kappa shape index (κ1) is 15.3. The van der Waals surface area contributed by atoms with Gasteiger partial charge in [-0.1, -0.05) is 19.3 Å². The standard InChI is InChI=1S/C15H22N2O2S/c18-10-12-4-2-1-3-5-14(12)17-15(19)11-20-13-6-8-16-9-7-13/h6-9,12,14,18H,1-5,10-11H2,(H,17,19). The number of nitrogens with zero attached hydrogens (tertiary/aromatic N) is 1. The van der Waals surface area contributed by atoms with E-state index in [2.05, 4.69) is 10.3 Å². The van der Waals surface area contributed by atoms with Crippen molar-refractivity contribution in [2.45, 2.75) is 43.0 Å². The van der Waals surface area contributed by atoms with Gasteiger partial charge in [-0.3, -0.25) is 9.78 Å². The molecular weight excluding hydrogens is 272 g/mol. The maximum atomic E-state index is 12.0. The third-order valence-electron chi connectivity index (χ3n) is 3.76. The Morgan fingerprint density at radius 2 is 2.05 bits per heavy atom. The van der Waals surface area contributed by atoms with Crippen molar-refractivity contribution in [3.8, 4) is 0 Å². The van der Waals surface area contributed by atoms with E-state index in [9.17, 15) is 9.90 Å². The van der Waals surface area contributed by atoms with Crippen LogP contribution in [0.15, 0.2) is 29.4 Å². The predicted octanol–water partition coefficient (Wildman–Crippen LogP) is 2.23. The molecule has 1 aliphatic rings. The topological polar surface area (TPSA) is 62.2 Å². The van der Waals surface area contributed by atoms with Crippen LogP contribution in [0.2, 0.25) is 0 Å². The Hall–Kier alpha value is -1.07. The molecular formula is C15H22N2O2S. The fourth-order valence-corrected chi connectivity index (χ4v) is 3.32. The lowest BCUT2D eigenvalue weighted by Gasteiger charge is -2.24. The highest BCUT2D eigenvalue weighted by Crippen LogP contribution is 2.23. The van der Waals surface area contributed by atoms with E-state index in [-0.39, 0.29) is 24.5 Å². The summed E-state index contributed by atoms with van der Waals surface area (Å²) in [5.41, 5.74) is 0. The fourth-order valence-electron chi connectivity index (χ4n) is 2.62. The van der Waals surface area contributed by atoms with Gasteiger partial charge in [-0.2, -0.15) is 0 Å². The summed E-state index contributed by atoms with van der Waals surface area (Å²) < 4.78 is 0. The minimum atomic E-state index is 0.0529. The summed E-state index contributed by atoms with van der Waals surface area (Å²) in [4.78, 5) is 17.0. The Morgan fingerprint density at radius 3 is 2.80 bits per heavy atom. The average Bonchev–Trinajstić information content (AvgIpc) is 2.71. The van der Waals surface area contributed by atoms with E-state index in [1.54, 1.807) is 12.4 Å². The SMILES string of the molecule is O=C(CSc1ccncc1)NC1CCCCCC1CO. The fraction of sp³-hybridized carbons (Fsp3) is 0.600. The highest BCUT2D eigenvalue weighted by atomic mass is 32.2. The van der Waals surface area contributed by atoms with Crippen molar-refractivity contribution in [1.29, 1.82) is 0 Å². The van der Waals surface area contributed by atoms with E-state index in [0.29, 0.717) is 5.75 Å². The molecule has 1 heterocycles. The number of amides is 1. The minimum Gasteiger partial charge on any atom is -0.396 e. The van der Waals surface area contributed by atoms with Crippen LogP contribution in [-0.4, -0.2) is 34.4 Å². The molecule has 5 heteroatoms. The van der Waals surface area contributed by atoms with Gasteiger partial charge in [0, 0.05) is 35.9 Å². The molecule has 110 valence electrons. The zero-order chi connectivity index (χ0) is 14.2. The van der Waals surface area contributed by atoms with Crippen LogP contribution in [0.1, 0.15) is 32.1 Å². The Bertz CT molecular complexity index is 414. The van der Waals surface area contributed by atoms with Gasteiger partial charge >= 0.3 is 0 Å². The number of aliphatic hydroxyl groups excluding tert-OH is 1. The van der Waals surface area contributed by atoms with Gasteiger partial charge in [0.2, 0.25) is 5.91 Å². The molecule has 0 aliphatic heterocycles. The second kappa shape index (κ2) is 8.27. The molecule has 1 amide bonds. The number of aromatic nitrogens is 1. The molecule has 2 unspecified atom stereocenters. The van der Waals surface area contributed by atoms with Crippen molar-refractivity contribution in [3.63, 3.8) is 0 Å².